The number of rotatable bonds is 6. The Balaban J connectivity index is 1.54. The molecule has 0 atom stereocenters. The Labute approximate surface area is 187 Å². The zero-order valence-corrected chi connectivity index (χ0v) is 19.0. The van der Waals surface area contributed by atoms with E-state index in [4.69, 9.17) is 4.74 Å². The number of nitrogens with zero attached hydrogens (tertiary/aromatic N) is 6. The third-order valence-corrected chi connectivity index (χ3v) is 5.85. The van der Waals surface area contributed by atoms with E-state index in [2.05, 4.69) is 38.8 Å². The standard InChI is InChI=1S/C24H28N6O2/c1-5-23(26-25-17(3)19-13-12-18-9-7-10-20(18)14-19)32-15-21-16(2)8-6-11-22(21)30-24(31)29(4)27-28-30/h6,8,11-14H,5,7,9-10,15H2,1-4H3. The van der Waals surface area contributed by atoms with E-state index in [0.29, 0.717) is 18.0 Å². The summed E-state index contributed by atoms with van der Waals surface area (Å²) in [5.74, 6) is 0.534. The minimum Gasteiger partial charge on any atom is -0.475 e. The summed E-state index contributed by atoms with van der Waals surface area (Å²) in [6.07, 6.45) is 4.13. The van der Waals surface area contributed by atoms with Crippen molar-refractivity contribution in [1.82, 2.24) is 19.8 Å². The molecular formula is C24H28N6O2. The second kappa shape index (κ2) is 9.30. The van der Waals surface area contributed by atoms with E-state index in [1.807, 2.05) is 39.0 Å². The highest BCUT2D eigenvalue weighted by Crippen LogP contribution is 2.23. The number of aryl methyl sites for hydroxylation is 4. The molecule has 0 fully saturated rings. The monoisotopic (exact) mass is 432 g/mol. The van der Waals surface area contributed by atoms with Gasteiger partial charge >= 0.3 is 5.69 Å². The van der Waals surface area contributed by atoms with Crippen molar-refractivity contribution in [3.8, 4) is 5.69 Å². The Morgan fingerprint density at radius 2 is 1.94 bits per heavy atom. The molecule has 0 radical (unpaired) electrons. The van der Waals surface area contributed by atoms with E-state index in [9.17, 15) is 4.79 Å². The van der Waals surface area contributed by atoms with E-state index < -0.39 is 0 Å². The first-order chi connectivity index (χ1) is 15.5. The summed E-state index contributed by atoms with van der Waals surface area (Å²) in [6, 6.07) is 12.2. The van der Waals surface area contributed by atoms with Gasteiger partial charge in [-0.2, -0.15) is 14.5 Å². The summed E-state index contributed by atoms with van der Waals surface area (Å²) >= 11 is 0. The molecule has 8 nitrogen and oxygen atoms in total. The molecule has 166 valence electrons. The van der Waals surface area contributed by atoms with Crippen molar-refractivity contribution in [2.24, 2.45) is 17.3 Å². The van der Waals surface area contributed by atoms with Crippen molar-refractivity contribution in [2.75, 3.05) is 0 Å². The number of aromatic nitrogens is 4. The van der Waals surface area contributed by atoms with Crippen molar-refractivity contribution in [2.45, 2.75) is 53.1 Å². The first kappa shape index (κ1) is 21.7. The first-order valence-electron chi connectivity index (χ1n) is 10.9. The molecule has 0 saturated carbocycles. The number of benzene rings is 2. The molecule has 1 aromatic heterocycles. The fourth-order valence-corrected chi connectivity index (χ4v) is 3.88. The summed E-state index contributed by atoms with van der Waals surface area (Å²) in [4.78, 5) is 12.3. The van der Waals surface area contributed by atoms with Gasteiger partial charge in [-0.15, -0.1) is 5.10 Å². The largest absolute Gasteiger partial charge is 0.475 e. The van der Waals surface area contributed by atoms with Crippen LogP contribution in [0.25, 0.3) is 5.69 Å². The normalized spacial score (nSPS) is 14.0. The molecule has 0 bridgehead atoms. The summed E-state index contributed by atoms with van der Waals surface area (Å²) in [5.41, 5.74) is 7.00. The van der Waals surface area contributed by atoms with Crippen LogP contribution < -0.4 is 5.69 Å². The van der Waals surface area contributed by atoms with Crippen LogP contribution in [0.15, 0.2) is 51.4 Å². The molecule has 0 N–H and O–H groups in total. The Morgan fingerprint density at radius 3 is 2.69 bits per heavy atom. The Morgan fingerprint density at radius 1 is 1.12 bits per heavy atom. The lowest BCUT2D eigenvalue weighted by atomic mass is 10.0. The topological polar surface area (TPSA) is 86.7 Å². The predicted molar refractivity (Wildman–Crippen MR) is 125 cm³/mol. The van der Waals surface area contributed by atoms with Crippen molar-refractivity contribution in [1.29, 1.82) is 0 Å². The number of hydrogen-bond acceptors (Lipinski definition) is 6. The molecular weight excluding hydrogens is 404 g/mol. The summed E-state index contributed by atoms with van der Waals surface area (Å²) in [7, 11) is 1.57. The molecule has 3 aromatic rings. The zero-order valence-electron chi connectivity index (χ0n) is 19.0. The molecule has 2 aromatic carbocycles. The Kier molecular flexibility index (Phi) is 6.30. The van der Waals surface area contributed by atoms with E-state index in [1.54, 1.807) is 7.05 Å². The molecule has 4 rings (SSSR count). The van der Waals surface area contributed by atoms with Crippen LogP contribution in [0, 0.1) is 6.92 Å². The number of tetrazole rings is 1. The molecule has 1 aliphatic rings. The number of hydrogen-bond donors (Lipinski definition) is 0. The van der Waals surface area contributed by atoms with Gasteiger partial charge in [0.05, 0.1) is 11.4 Å². The Bertz CT molecular complexity index is 1250. The lowest BCUT2D eigenvalue weighted by Crippen LogP contribution is -2.23. The second-order valence-corrected chi connectivity index (χ2v) is 8.03. The van der Waals surface area contributed by atoms with Crippen molar-refractivity contribution in [3.63, 3.8) is 0 Å². The van der Waals surface area contributed by atoms with Gasteiger partial charge in [0.25, 0.3) is 0 Å². The van der Waals surface area contributed by atoms with E-state index >= 15 is 0 Å². The summed E-state index contributed by atoms with van der Waals surface area (Å²) in [5, 5.41) is 16.6. The van der Waals surface area contributed by atoms with Crippen LogP contribution in [-0.4, -0.2) is 31.4 Å². The van der Waals surface area contributed by atoms with Crippen LogP contribution in [-0.2, 0) is 31.2 Å². The highest BCUT2D eigenvalue weighted by atomic mass is 16.5. The van der Waals surface area contributed by atoms with Gasteiger partial charge in [-0.3, -0.25) is 0 Å². The minimum absolute atomic E-state index is 0.255. The third-order valence-electron chi connectivity index (χ3n) is 5.85. The van der Waals surface area contributed by atoms with Gasteiger partial charge in [0, 0.05) is 19.0 Å². The number of fused-ring (bicyclic) bond motifs is 1. The van der Waals surface area contributed by atoms with Crippen LogP contribution in [0.1, 0.15) is 54.5 Å². The average Bonchev–Trinajstić information content (AvgIpc) is 3.40. The van der Waals surface area contributed by atoms with Crippen LogP contribution >= 0.6 is 0 Å². The first-order valence-corrected chi connectivity index (χ1v) is 10.9. The van der Waals surface area contributed by atoms with Gasteiger partial charge in [-0.05, 0) is 77.9 Å². The van der Waals surface area contributed by atoms with Crippen LogP contribution in [0.5, 0.6) is 0 Å². The smallest absolute Gasteiger partial charge is 0.368 e. The second-order valence-electron chi connectivity index (χ2n) is 8.03. The molecule has 1 heterocycles. The van der Waals surface area contributed by atoms with Gasteiger partial charge in [0.2, 0.25) is 5.90 Å². The maximum absolute atomic E-state index is 12.3. The third kappa shape index (κ3) is 4.39. The molecule has 0 saturated heterocycles. The maximum Gasteiger partial charge on any atom is 0.368 e. The van der Waals surface area contributed by atoms with E-state index in [0.717, 1.165) is 28.8 Å². The van der Waals surface area contributed by atoms with Gasteiger partial charge in [-0.1, -0.05) is 31.2 Å². The van der Waals surface area contributed by atoms with Gasteiger partial charge in [0.1, 0.15) is 6.61 Å². The van der Waals surface area contributed by atoms with Crippen molar-refractivity contribution < 1.29 is 4.74 Å². The van der Waals surface area contributed by atoms with E-state index in [1.165, 1.54) is 33.3 Å². The molecule has 32 heavy (non-hydrogen) atoms. The molecule has 0 spiro atoms. The quantitative estimate of drug-likeness (QED) is 0.339. The van der Waals surface area contributed by atoms with Crippen LogP contribution in [0.3, 0.4) is 0 Å². The van der Waals surface area contributed by atoms with Crippen molar-refractivity contribution in [3.05, 3.63) is 74.7 Å². The summed E-state index contributed by atoms with van der Waals surface area (Å²) < 4.78 is 8.48. The molecule has 0 amide bonds. The highest BCUT2D eigenvalue weighted by molar-refractivity contribution is 5.99. The lowest BCUT2D eigenvalue weighted by molar-refractivity contribution is 0.282. The Hall–Kier alpha value is -3.55. The fourth-order valence-electron chi connectivity index (χ4n) is 3.88. The molecule has 0 unspecified atom stereocenters. The van der Waals surface area contributed by atoms with Gasteiger partial charge < -0.3 is 4.74 Å². The zero-order chi connectivity index (χ0) is 22.7. The van der Waals surface area contributed by atoms with E-state index in [-0.39, 0.29) is 12.3 Å². The predicted octanol–water partition coefficient (Wildman–Crippen LogP) is 3.51. The SMILES string of the molecule is CCC(=NN=C(C)c1ccc2c(c1)CCC2)OCc1c(C)cccc1-n1nnn(C)c1=O. The fraction of sp³-hybridized carbons (Fsp3) is 0.375. The number of ether oxygens (including phenoxy) is 1. The van der Waals surface area contributed by atoms with Crippen LogP contribution in [0.4, 0.5) is 0 Å². The maximum atomic E-state index is 12.3. The van der Waals surface area contributed by atoms with Gasteiger partial charge in [0.15, 0.2) is 0 Å². The summed E-state index contributed by atoms with van der Waals surface area (Å²) in [6.45, 7) is 6.17. The van der Waals surface area contributed by atoms with Crippen molar-refractivity contribution >= 4 is 11.6 Å². The highest BCUT2D eigenvalue weighted by Gasteiger charge is 2.14. The minimum atomic E-state index is -0.309. The molecule has 1 aliphatic carbocycles. The molecule has 0 aliphatic heterocycles. The van der Waals surface area contributed by atoms with Gasteiger partial charge in [-0.25, -0.2) is 4.79 Å². The average molecular weight is 433 g/mol. The molecule has 8 heteroatoms. The van der Waals surface area contributed by atoms with Crippen LogP contribution in [0.2, 0.25) is 0 Å². The lowest BCUT2D eigenvalue weighted by Gasteiger charge is -2.13.